The first-order valence-corrected chi connectivity index (χ1v) is 6.16. The van der Waals surface area contributed by atoms with E-state index in [2.05, 4.69) is 19.9 Å². The minimum atomic E-state index is 0.187. The van der Waals surface area contributed by atoms with Gasteiger partial charge in [-0.05, 0) is 30.2 Å². The second kappa shape index (κ2) is 3.36. The van der Waals surface area contributed by atoms with Crippen molar-refractivity contribution in [2.75, 3.05) is 6.61 Å². The third-order valence-electron chi connectivity index (χ3n) is 4.38. The molecule has 0 aliphatic heterocycles. The minimum Gasteiger partial charge on any atom is -0.461 e. The molecular weight excluding hydrogens is 212 g/mol. The van der Waals surface area contributed by atoms with Crippen LogP contribution in [0.4, 0.5) is 0 Å². The van der Waals surface area contributed by atoms with Crippen LogP contribution in [0.1, 0.15) is 31.1 Å². The molecule has 0 spiro atoms. The van der Waals surface area contributed by atoms with Crippen LogP contribution in [0.25, 0.3) is 11.0 Å². The van der Waals surface area contributed by atoms with Gasteiger partial charge in [-0.2, -0.15) is 0 Å². The highest BCUT2D eigenvalue weighted by atomic mass is 16.3. The molecule has 0 radical (unpaired) electrons. The van der Waals surface area contributed by atoms with E-state index in [1.54, 1.807) is 0 Å². The van der Waals surface area contributed by atoms with Gasteiger partial charge in [-0.1, -0.05) is 32.0 Å². The molecule has 1 aromatic heterocycles. The minimum absolute atomic E-state index is 0.187. The van der Waals surface area contributed by atoms with Crippen LogP contribution in [0.15, 0.2) is 28.7 Å². The second-order valence-corrected chi connectivity index (χ2v) is 5.66. The van der Waals surface area contributed by atoms with E-state index in [-0.39, 0.29) is 12.0 Å². The number of para-hydroxylation sites is 1. The van der Waals surface area contributed by atoms with Gasteiger partial charge in [0.25, 0.3) is 0 Å². The van der Waals surface area contributed by atoms with Crippen molar-refractivity contribution in [3.8, 4) is 0 Å². The molecule has 0 bridgehead atoms. The Morgan fingerprint density at radius 3 is 2.65 bits per heavy atom. The van der Waals surface area contributed by atoms with Crippen molar-refractivity contribution in [3.63, 3.8) is 0 Å². The van der Waals surface area contributed by atoms with Crippen molar-refractivity contribution >= 4 is 11.0 Å². The summed E-state index contributed by atoms with van der Waals surface area (Å²) in [7, 11) is 0. The predicted molar refractivity (Wildman–Crippen MR) is 68.0 cm³/mol. The van der Waals surface area contributed by atoms with Crippen LogP contribution < -0.4 is 0 Å². The first kappa shape index (κ1) is 10.8. The maximum atomic E-state index is 9.44. The molecule has 1 heterocycles. The van der Waals surface area contributed by atoms with Crippen LogP contribution in [0, 0.1) is 18.3 Å². The molecule has 1 fully saturated rings. The summed E-state index contributed by atoms with van der Waals surface area (Å²) in [6, 6.07) is 8.17. The number of aliphatic hydroxyl groups is 1. The topological polar surface area (TPSA) is 33.4 Å². The fraction of sp³-hybridized carbons (Fsp3) is 0.467. The van der Waals surface area contributed by atoms with Crippen LogP contribution >= 0.6 is 0 Å². The highest BCUT2D eigenvalue weighted by molar-refractivity contribution is 5.83. The maximum Gasteiger partial charge on any atom is 0.134 e. The Bertz CT molecular complexity index is 565. The lowest BCUT2D eigenvalue weighted by atomic mass is 10.0. The summed E-state index contributed by atoms with van der Waals surface area (Å²) in [6.07, 6.45) is 0. The van der Waals surface area contributed by atoms with Gasteiger partial charge in [-0.15, -0.1) is 0 Å². The molecule has 17 heavy (non-hydrogen) atoms. The highest BCUT2D eigenvalue weighted by Gasteiger charge is 2.59. The van der Waals surface area contributed by atoms with Crippen molar-refractivity contribution in [3.05, 3.63) is 35.6 Å². The zero-order valence-corrected chi connectivity index (χ0v) is 10.5. The van der Waals surface area contributed by atoms with E-state index in [0.717, 1.165) is 11.3 Å². The average molecular weight is 230 g/mol. The van der Waals surface area contributed by atoms with Crippen molar-refractivity contribution in [1.82, 2.24) is 0 Å². The molecule has 2 atom stereocenters. The van der Waals surface area contributed by atoms with Crippen LogP contribution in [0.3, 0.4) is 0 Å². The Hall–Kier alpha value is -1.28. The summed E-state index contributed by atoms with van der Waals surface area (Å²) in [6.45, 7) is 6.73. The standard InChI is InChI=1S/C15H18O2/c1-9-13(14-11(8-16)15(14,2)3)10-6-4-5-7-12(10)17-9/h4-7,11,14,16H,8H2,1-3H3. The number of hydrogen-bond acceptors (Lipinski definition) is 2. The Balaban J connectivity index is 2.16. The first-order chi connectivity index (χ1) is 8.07. The Labute approximate surface area is 101 Å². The number of rotatable bonds is 2. The van der Waals surface area contributed by atoms with E-state index in [1.807, 2.05) is 25.1 Å². The molecule has 2 aromatic rings. The second-order valence-electron chi connectivity index (χ2n) is 5.66. The van der Waals surface area contributed by atoms with Gasteiger partial charge in [0.1, 0.15) is 11.3 Å². The number of aryl methyl sites for hydroxylation is 1. The van der Waals surface area contributed by atoms with E-state index < -0.39 is 0 Å². The van der Waals surface area contributed by atoms with E-state index in [1.165, 1.54) is 10.9 Å². The molecule has 1 N–H and O–H groups in total. The van der Waals surface area contributed by atoms with E-state index in [4.69, 9.17) is 4.42 Å². The number of benzene rings is 1. The predicted octanol–water partition coefficient (Wildman–Crippen LogP) is 3.47. The molecular formula is C15H18O2. The summed E-state index contributed by atoms with van der Waals surface area (Å²) in [4.78, 5) is 0. The summed E-state index contributed by atoms with van der Waals surface area (Å²) in [5, 5.41) is 10.7. The molecule has 2 nitrogen and oxygen atoms in total. The van der Waals surface area contributed by atoms with Gasteiger partial charge < -0.3 is 9.52 Å². The molecule has 0 saturated heterocycles. The number of furan rings is 1. The number of hydrogen-bond donors (Lipinski definition) is 1. The zero-order valence-electron chi connectivity index (χ0n) is 10.5. The Morgan fingerprint density at radius 1 is 1.29 bits per heavy atom. The quantitative estimate of drug-likeness (QED) is 0.857. The van der Waals surface area contributed by atoms with E-state index in [9.17, 15) is 5.11 Å². The maximum absolute atomic E-state index is 9.44. The van der Waals surface area contributed by atoms with Crippen LogP contribution in [-0.2, 0) is 0 Å². The number of fused-ring (bicyclic) bond motifs is 1. The molecule has 3 rings (SSSR count). The molecule has 1 aliphatic rings. The molecule has 0 amide bonds. The SMILES string of the molecule is Cc1oc2ccccc2c1C1C(CO)C1(C)C. The van der Waals surface area contributed by atoms with Gasteiger partial charge in [-0.25, -0.2) is 0 Å². The smallest absolute Gasteiger partial charge is 0.134 e. The zero-order chi connectivity index (χ0) is 12.2. The summed E-state index contributed by atoms with van der Waals surface area (Å²) < 4.78 is 5.80. The van der Waals surface area contributed by atoms with E-state index in [0.29, 0.717) is 11.8 Å². The van der Waals surface area contributed by atoms with Gasteiger partial charge in [0.15, 0.2) is 0 Å². The molecule has 90 valence electrons. The third kappa shape index (κ3) is 1.37. The molecule has 1 aliphatic carbocycles. The van der Waals surface area contributed by atoms with Gasteiger partial charge in [-0.3, -0.25) is 0 Å². The van der Waals surface area contributed by atoms with Crippen LogP contribution in [0.5, 0.6) is 0 Å². The molecule has 2 unspecified atom stereocenters. The fourth-order valence-corrected chi connectivity index (χ4v) is 3.23. The van der Waals surface area contributed by atoms with Gasteiger partial charge in [0, 0.05) is 17.6 Å². The normalized spacial score (nSPS) is 26.4. The van der Waals surface area contributed by atoms with Gasteiger partial charge >= 0.3 is 0 Å². The fourth-order valence-electron chi connectivity index (χ4n) is 3.23. The van der Waals surface area contributed by atoms with Gasteiger partial charge in [0.2, 0.25) is 0 Å². The molecule has 2 heteroatoms. The van der Waals surface area contributed by atoms with E-state index >= 15 is 0 Å². The lowest BCUT2D eigenvalue weighted by Gasteiger charge is -2.02. The van der Waals surface area contributed by atoms with Crippen molar-refractivity contribution in [2.45, 2.75) is 26.7 Å². The Morgan fingerprint density at radius 2 is 2.00 bits per heavy atom. The first-order valence-electron chi connectivity index (χ1n) is 6.16. The average Bonchev–Trinajstić information content (AvgIpc) is 2.67. The Kier molecular flexibility index (Phi) is 2.14. The summed E-state index contributed by atoms with van der Waals surface area (Å²) in [5.74, 6) is 1.79. The highest BCUT2D eigenvalue weighted by Crippen LogP contribution is 2.65. The monoisotopic (exact) mass is 230 g/mol. The summed E-state index contributed by atoms with van der Waals surface area (Å²) in [5.41, 5.74) is 2.44. The van der Waals surface area contributed by atoms with Crippen molar-refractivity contribution in [1.29, 1.82) is 0 Å². The van der Waals surface area contributed by atoms with Gasteiger partial charge in [0.05, 0.1) is 0 Å². The molecule has 1 saturated carbocycles. The van der Waals surface area contributed by atoms with Crippen LogP contribution in [0.2, 0.25) is 0 Å². The largest absolute Gasteiger partial charge is 0.461 e. The lowest BCUT2D eigenvalue weighted by molar-refractivity contribution is 0.256. The lowest BCUT2D eigenvalue weighted by Crippen LogP contribution is -1.93. The van der Waals surface area contributed by atoms with Crippen molar-refractivity contribution < 1.29 is 9.52 Å². The third-order valence-corrected chi connectivity index (χ3v) is 4.38. The van der Waals surface area contributed by atoms with Crippen LogP contribution in [-0.4, -0.2) is 11.7 Å². The molecule has 1 aromatic carbocycles. The summed E-state index contributed by atoms with van der Waals surface area (Å²) >= 11 is 0. The van der Waals surface area contributed by atoms with Crippen molar-refractivity contribution in [2.24, 2.45) is 11.3 Å². The number of aliphatic hydroxyl groups excluding tert-OH is 1.